The molecule has 1 aliphatic rings. The second-order valence-electron chi connectivity index (χ2n) is 6.20. The number of ether oxygens (including phenoxy) is 3. The summed E-state index contributed by atoms with van der Waals surface area (Å²) in [7, 11) is 1.32. The number of thiazole rings is 1. The first-order chi connectivity index (χ1) is 14.1. The van der Waals surface area contributed by atoms with Crippen molar-refractivity contribution in [1.82, 2.24) is 4.57 Å². The first-order valence-electron chi connectivity index (χ1n) is 8.95. The highest BCUT2D eigenvalue weighted by atomic mass is 32.1. The summed E-state index contributed by atoms with van der Waals surface area (Å²) in [6.07, 6.45) is 3.10. The van der Waals surface area contributed by atoms with E-state index in [0.29, 0.717) is 29.5 Å². The van der Waals surface area contributed by atoms with Gasteiger partial charge in [0.2, 0.25) is 0 Å². The van der Waals surface area contributed by atoms with Gasteiger partial charge in [0.15, 0.2) is 16.3 Å². The number of rotatable bonds is 4. The van der Waals surface area contributed by atoms with Crippen molar-refractivity contribution in [2.24, 2.45) is 4.99 Å². The Morgan fingerprint density at radius 1 is 1.17 bits per heavy atom. The summed E-state index contributed by atoms with van der Waals surface area (Å²) >= 11 is 1.30. The summed E-state index contributed by atoms with van der Waals surface area (Å²) in [5.74, 6) is 0.378. The standard InChI is InChI=1S/C21H18N2O5S/c1-26-20(25)13-23-15-11-16-17(28-10-9-27-16)12-18(15)29-21(23)22-19(24)8-7-14-5-3-2-4-6-14/h2-8,11-12H,9-10,13H2,1H3/b8-7+,22-21?. The maximum absolute atomic E-state index is 12.4. The van der Waals surface area contributed by atoms with E-state index in [4.69, 9.17) is 14.2 Å². The average Bonchev–Trinajstić information content (AvgIpc) is 3.07. The maximum atomic E-state index is 12.4. The molecule has 2 aromatic carbocycles. The molecule has 1 aromatic heterocycles. The Kier molecular flexibility index (Phi) is 5.44. The number of nitrogens with zero attached hydrogens (tertiary/aromatic N) is 2. The van der Waals surface area contributed by atoms with Crippen LogP contribution in [0, 0.1) is 0 Å². The summed E-state index contributed by atoms with van der Waals surface area (Å²) in [6.45, 7) is 0.871. The number of aromatic nitrogens is 1. The minimum absolute atomic E-state index is 0.0648. The van der Waals surface area contributed by atoms with Gasteiger partial charge in [0.05, 0.1) is 17.3 Å². The lowest BCUT2D eigenvalue weighted by Gasteiger charge is -2.18. The molecule has 0 aliphatic carbocycles. The largest absolute Gasteiger partial charge is 0.486 e. The Bertz CT molecular complexity index is 1160. The van der Waals surface area contributed by atoms with Gasteiger partial charge in [-0.05, 0) is 11.6 Å². The van der Waals surface area contributed by atoms with Gasteiger partial charge in [0, 0.05) is 18.2 Å². The number of fused-ring (bicyclic) bond motifs is 2. The Morgan fingerprint density at radius 2 is 1.90 bits per heavy atom. The predicted octanol–water partition coefficient (Wildman–Crippen LogP) is 2.79. The molecule has 3 aromatic rings. The second-order valence-corrected chi connectivity index (χ2v) is 7.21. The summed E-state index contributed by atoms with van der Waals surface area (Å²) in [6, 6.07) is 13.1. The lowest BCUT2D eigenvalue weighted by atomic mass is 10.2. The van der Waals surface area contributed by atoms with Crippen molar-refractivity contribution in [3.8, 4) is 11.5 Å². The summed E-state index contributed by atoms with van der Waals surface area (Å²) < 4.78 is 18.5. The van der Waals surface area contributed by atoms with Gasteiger partial charge in [-0.3, -0.25) is 9.59 Å². The number of esters is 1. The molecule has 0 saturated carbocycles. The smallest absolute Gasteiger partial charge is 0.325 e. The molecule has 0 bridgehead atoms. The van der Waals surface area contributed by atoms with Crippen LogP contribution in [0.2, 0.25) is 0 Å². The van der Waals surface area contributed by atoms with Crippen molar-refractivity contribution < 1.29 is 23.8 Å². The number of methoxy groups -OCH3 is 1. The summed E-state index contributed by atoms with van der Waals surface area (Å²) in [4.78, 5) is 28.9. The van der Waals surface area contributed by atoms with E-state index in [0.717, 1.165) is 15.8 Å². The van der Waals surface area contributed by atoms with Gasteiger partial charge in [0.1, 0.15) is 19.8 Å². The highest BCUT2D eigenvalue weighted by molar-refractivity contribution is 7.16. The fourth-order valence-electron chi connectivity index (χ4n) is 2.90. The third kappa shape index (κ3) is 4.22. The minimum atomic E-state index is -0.437. The van der Waals surface area contributed by atoms with Crippen LogP contribution in [0.5, 0.6) is 11.5 Å². The SMILES string of the molecule is COC(=O)Cn1c(=NC(=O)/C=C/c2ccccc2)sc2cc3c(cc21)OCCO3. The van der Waals surface area contributed by atoms with Crippen LogP contribution in [0.3, 0.4) is 0 Å². The minimum Gasteiger partial charge on any atom is -0.486 e. The average molecular weight is 410 g/mol. The molecule has 8 heteroatoms. The van der Waals surface area contributed by atoms with Gasteiger partial charge in [-0.25, -0.2) is 0 Å². The molecule has 0 spiro atoms. The zero-order chi connectivity index (χ0) is 20.2. The van der Waals surface area contributed by atoms with E-state index in [1.165, 1.54) is 24.5 Å². The third-order valence-corrected chi connectivity index (χ3v) is 5.33. The molecule has 0 fully saturated rings. The van der Waals surface area contributed by atoms with Gasteiger partial charge in [-0.2, -0.15) is 4.99 Å². The predicted molar refractivity (Wildman–Crippen MR) is 109 cm³/mol. The third-order valence-electron chi connectivity index (χ3n) is 4.29. The van der Waals surface area contributed by atoms with Crippen molar-refractivity contribution in [2.45, 2.75) is 6.54 Å². The molecule has 29 heavy (non-hydrogen) atoms. The fourth-order valence-corrected chi connectivity index (χ4v) is 3.95. The fraction of sp³-hybridized carbons (Fsp3) is 0.190. The maximum Gasteiger partial charge on any atom is 0.325 e. The van der Waals surface area contributed by atoms with E-state index in [-0.39, 0.29) is 6.54 Å². The van der Waals surface area contributed by atoms with Gasteiger partial charge >= 0.3 is 5.97 Å². The highest BCUT2D eigenvalue weighted by Crippen LogP contribution is 2.35. The van der Waals surface area contributed by atoms with Crippen LogP contribution in [-0.2, 0) is 20.9 Å². The Balaban J connectivity index is 1.76. The number of carbonyl (C=O) groups excluding carboxylic acids is 2. The Labute approximate surface area is 170 Å². The molecule has 7 nitrogen and oxygen atoms in total. The first-order valence-corrected chi connectivity index (χ1v) is 9.77. The van der Waals surface area contributed by atoms with Crippen LogP contribution in [-0.4, -0.2) is 36.8 Å². The van der Waals surface area contributed by atoms with E-state index in [2.05, 4.69) is 4.99 Å². The molecule has 4 rings (SSSR count). The van der Waals surface area contributed by atoms with Gasteiger partial charge < -0.3 is 18.8 Å². The Hall–Kier alpha value is -3.39. The number of hydrogen-bond donors (Lipinski definition) is 0. The summed E-state index contributed by atoms with van der Waals surface area (Å²) in [5, 5.41) is 0. The lowest BCUT2D eigenvalue weighted by Crippen LogP contribution is -2.22. The molecule has 0 saturated heterocycles. The summed E-state index contributed by atoms with van der Waals surface area (Å²) in [5.41, 5.74) is 1.63. The number of amides is 1. The normalized spacial score (nSPS) is 13.8. The number of carbonyl (C=O) groups is 2. The van der Waals surface area contributed by atoms with E-state index >= 15 is 0 Å². The van der Waals surface area contributed by atoms with Gasteiger partial charge in [0.25, 0.3) is 5.91 Å². The lowest BCUT2D eigenvalue weighted by molar-refractivity contribution is -0.141. The van der Waals surface area contributed by atoms with Crippen molar-refractivity contribution in [2.75, 3.05) is 20.3 Å². The van der Waals surface area contributed by atoms with Crippen molar-refractivity contribution >= 4 is 39.5 Å². The molecule has 0 N–H and O–H groups in total. The number of benzene rings is 2. The molecule has 1 amide bonds. The molecule has 2 heterocycles. The quantitative estimate of drug-likeness (QED) is 0.488. The molecule has 1 aliphatic heterocycles. The van der Waals surface area contributed by atoms with Crippen LogP contribution in [0.4, 0.5) is 0 Å². The number of hydrogen-bond acceptors (Lipinski definition) is 6. The second kappa shape index (κ2) is 8.32. The topological polar surface area (TPSA) is 79.1 Å². The first kappa shape index (κ1) is 18.9. The molecular formula is C21H18N2O5S. The molecular weight excluding hydrogens is 392 g/mol. The molecule has 0 atom stereocenters. The molecule has 0 unspecified atom stereocenters. The van der Waals surface area contributed by atoms with E-state index < -0.39 is 11.9 Å². The van der Waals surface area contributed by atoms with Crippen LogP contribution in [0.25, 0.3) is 16.3 Å². The molecule has 148 valence electrons. The van der Waals surface area contributed by atoms with E-state index in [9.17, 15) is 9.59 Å². The van der Waals surface area contributed by atoms with Crippen LogP contribution in [0.1, 0.15) is 5.56 Å². The van der Waals surface area contributed by atoms with Crippen LogP contribution >= 0.6 is 11.3 Å². The monoisotopic (exact) mass is 410 g/mol. The Morgan fingerprint density at radius 3 is 2.62 bits per heavy atom. The van der Waals surface area contributed by atoms with E-state index in [1.807, 2.05) is 36.4 Å². The van der Waals surface area contributed by atoms with Crippen LogP contribution in [0.15, 0.2) is 53.5 Å². The molecule has 0 radical (unpaired) electrons. The highest BCUT2D eigenvalue weighted by Gasteiger charge is 2.18. The van der Waals surface area contributed by atoms with Crippen molar-refractivity contribution in [1.29, 1.82) is 0 Å². The van der Waals surface area contributed by atoms with Crippen LogP contribution < -0.4 is 14.3 Å². The van der Waals surface area contributed by atoms with Crippen molar-refractivity contribution in [3.05, 3.63) is 58.9 Å². The van der Waals surface area contributed by atoms with Gasteiger partial charge in [-0.15, -0.1) is 0 Å². The zero-order valence-electron chi connectivity index (χ0n) is 15.7. The van der Waals surface area contributed by atoms with Gasteiger partial charge in [-0.1, -0.05) is 41.7 Å². The zero-order valence-corrected chi connectivity index (χ0v) is 16.5. The van der Waals surface area contributed by atoms with Crippen molar-refractivity contribution in [3.63, 3.8) is 0 Å². The van der Waals surface area contributed by atoms with E-state index in [1.54, 1.807) is 16.7 Å².